The van der Waals surface area contributed by atoms with E-state index in [9.17, 15) is 28.0 Å². The van der Waals surface area contributed by atoms with E-state index >= 15 is 0 Å². The number of hydrogen-bond donors (Lipinski definition) is 3. The fourth-order valence-corrected chi connectivity index (χ4v) is 4.14. The topological polar surface area (TPSA) is 114 Å². The van der Waals surface area contributed by atoms with Gasteiger partial charge in [-0.05, 0) is 48.2 Å². The molecule has 40 heavy (non-hydrogen) atoms. The van der Waals surface area contributed by atoms with E-state index in [0.717, 1.165) is 0 Å². The van der Waals surface area contributed by atoms with Gasteiger partial charge in [-0.15, -0.1) is 0 Å². The summed E-state index contributed by atoms with van der Waals surface area (Å²) in [6.07, 6.45) is 0.324. The van der Waals surface area contributed by atoms with Gasteiger partial charge in [0.15, 0.2) is 6.61 Å². The van der Waals surface area contributed by atoms with Crippen LogP contribution in [0.5, 0.6) is 5.75 Å². The first-order valence-electron chi connectivity index (χ1n) is 12.4. The zero-order chi connectivity index (χ0) is 30.0. The van der Waals surface area contributed by atoms with Crippen LogP contribution in [0.1, 0.15) is 32.8 Å². The van der Waals surface area contributed by atoms with Gasteiger partial charge in [0.25, 0.3) is 11.8 Å². The van der Waals surface area contributed by atoms with Crippen molar-refractivity contribution in [2.24, 2.45) is 5.92 Å². The van der Waals surface area contributed by atoms with Crippen molar-refractivity contribution in [3.05, 3.63) is 63.1 Å². The summed E-state index contributed by atoms with van der Waals surface area (Å²) in [5, 5.41) is 7.80. The van der Waals surface area contributed by atoms with Gasteiger partial charge in [0.05, 0.1) is 6.04 Å². The molecule has 0 saturated carbocycles. The van der Waals surface area contributed by atoms with E-state index in [1.165, 1.54) is 32.0 Å². The van der Waals surface area contributed by atoms with Crippen LogP contribution in [0.4, 0.5) is 8.78 Å². The SMILES string of the molecule is CCCNC(=O)C(F)(F)C(=O)[C@@H](NC(=O)C(Cc1ccc(Cl)cc1)NC(=O)COc1cc(Cl)cc(Cl)c1)C(C)C. The van der Waals surface area contributed by atoms with Crippen molar-refractivity contribution in [3.8, 4) is 5.75 Å². The summed E-state index contributed by atoms with van der Waals surface area (Å²) in [6, 6.07) is 7.74. The van der Waals surface area contributed by atoms with E-state index in [1.54, 1.807) is 31.2 Å². The van der Waals surface area contributed by atoms with Gasteiger partial charge in [0.2, 0.25) is 11.7 Å². The molecule has 2 atom stereocenters. The lowest BCUT2D eigenvalue weighted by atomic mass is 9.94. The van der Waals surface area contributed by atoms with Gasteiger partial charge >= 0.3 is 5.92 Å². The highest BCUT2D eigenvalue weighted by Crippen LogP contribution is 2.24. The average molecular weight is 621 g/mol. The molecule has 0 aromatic heterocycles. The first-order chi connectivity index (χ1) is 18.7. The van der Waals surface area contributed by atoms with Crippen molar-refractivity contribution in [1.29, 1.82) is 0 Å². The lowest BCUT2D eigenvalue weighted by Crippen LogP contribution is -2.59. The molecule has 0 aliphatic rings. The monoisotopic (exact) mass is 619 g/mol. The zero-order valence-electron chi connectivity index (χ0n) is 22.0. The molecule has 2 aromatic carbocycles. The number of carbonyl (C=O) groups is 4. The Hall–Kier alpha value is -2.95. The maximum atomic E-state index is 14.7. The Labute approximate surface area is 246 Å². The Morgan fingerprint density at radius 1 is 0.925 bits per heavy atom. The van der Waals surface area contributed by atoms with Crippen LogP contribution in [0.2, 0.25) is 15.1 Å². The van der Waals surface area contributed by atoms with Crippen molar-refractivity contribution < 1.29 is 32.7 Å². The summed E-state index contributed by atoms with van der Waals surface area (Å²) in [5.74, 6) is -10.1. The van der Waals surface area contributed by atoms with Crippen LogP contribution in [-0.2, 0) is 25.6 Å². The van der Waals surface area contributed by atoms with Crippen LogP contribution in [0.25, 0.3) is 0 Å². The van der Waals surface area contributed by atoms with Crippen molar-refractivity contribution in [2.45, 2.75) is 51.6 Å². The molecule has 0 spiro atoms. The molecule has 13 heteroatoms. The highest BCUT2D eigenvalue weighted by atomic mass is 35.5. The molecule has 2 rings (SSSR count). The number of nitrogens with one attached hydrogen (secondary N) is 3. The van der Waals surface area contributed by atoms with E-state index in [1.807, 2.05) is 5.32 Å². The summed E-state index contributed by atoms with van der Waals surface area (Å²) in [4.78, 5) is 50.7. The standard InChI is InChI=1S/C27H30Cl3F2N3O5/c1-4-9-33-26(39)27(31,32)24(37)23(15(2)3)35-25(38)21(10-16-5-7-17(28)8-6-16)34-22(36)14-40-20-12-18(29)11-19(30)13-20/h5-8,11-13,15,21,23H,4,9-10,14H2,1-3H3,(H,33,39)(H,34,36)(H,35,38)/t21?,23-/m0/s1. The molecule has 0 bridgehead atoms. The van der Waals surface area contributed by atoms with Gasteiger partial charge in [0, 0.05) is 28.0 Å². The molecule has 8 nitrogen and oxygen atoms in total. The predicted molar refractivity (Wildman–Crippen MR) is 149 cm³/mol. The van der Waals surface area contributed by atoms with E-state index < -0.39 is 54.0 Å². The first-order valence-corrected chi connectivity index (χ1v) is 13.5. The van der Waals surface area contributed by atoms with Crippen molar-refractivity contribution in [1.82, 2.24) is 16.0 Å². The van der Waals surface area contributed by atoms with Crippen LogP contribution < -0.4 is 20.7 Å². The molecule has 0 saturated heterocycles. The largest absolute Gasteiger partial charge is 0.484 e. The third-order valence-electron chi connectivity index (χ3n) is 5.59. The molecule has 0 heterocycles. The quantitative estimate of drug-likeness (QED) is 0.267. The number of Topliss-reactive ketones (excluding diaryl/α,β-unsaturated/α-hetero) is 1. The second-order valence-corrected chi connectivity index (χ2v) is 10.6. The Balaban J connectivity index is 2.22. The Bertz CT molecular complexity index is 1190. The van der Waals surface area contributed by atoms with Gasteiger partial charge < -0.3 is 20.7 Å². The number of ether oxygens (including phenoxy) is 1. The maximum Gasteiger partial charge on any atom is 0.383 e. The normalized spacial score (nSPS) is 12.8. The summed E-state index contributed by atoms with van der Waals surface area (Å²) in [6.45, 7) is 3.99. The Kier molecular flexibility index (Phi) is 12.6. The van der Waals surface area contributed by atoms with E-state index in [0.29, 0.717) is 17.0 Å². The molecule has 0 radical (unpaired) electrons. The van der Waals surface area contributed by atoms with Crippen LogP contribution >= 0.6 is 34.8 Å². The second kappa shape index (κ2) is 15.2. The molecule has 3 amide bonds. The predicted octanol–water partition coefficient (Wildman–Crippen LogP) is 4.62. The molecule has 2 aromatic rings. The van der Waals surface area contributed by atoms with E-state index in [2.05, 4.69) is 10.6 Å². The highest BCUT2D eigenvalue weighted by molar-refractivity contribution is 6.34. The minimum Gasteiger partial charge on any atom is -0.484 e. The number of alkyl halides is 2. The van der Waals surface area contributed by atoms with Gasteiger partial charge in [-0.25, -0.2) is 0 Å². The van der Waals surface area contributed by atoms with Crippen LogP contribution in [0, 0.1) is 5.92 Å². The number of hydrogen-bond acceptors (Lipinski definition) is 5. The highest BCUT2D eigenvalue weighted by Gasteiger charge is 2.51. The summed E-state index contributed by atoms with van der Waals surface area (Å²) in [7, 11) is 0. The molecular weight excluding hydrogens is 591 g/mol. The molecule has 1 unspecified atom stereocenters. The van der Waals surface area contributed by atoms with Gasteiger partial charge in [-0.1, -0.05) is 67.7 Å². The molecule has 3 N–H and O–H groups in total. The number of amides is 3. The fraction of sp³-hybridized carbons (Fsp3) is 0.407. The number of benzene rings is 2. The van der Waals surface area contributed by atoms with Crippen molar-refractivity contribution in [2.75, 3.05) is 13.2 Å². The second-order valence-electron chi connectivity index (χ2n) is 9.27. The van der Waals surface area contributed by atoms with Gasteiger partial charge in [-0.2, -0.15) is 8.78 Å². The van der Waals surface area contributed by atoms with Crippen LogP contribution in [0.15, 0.2) is 42.5 Å². The lowest BCUT2D eigenvalue weighted by molar-refractivity contribution is -0.161. The molecule has 218 valence electrons. The number of rotatable bonds is 14. The molecule has 0 aliphatic carbocycles. The minimum absolute atomic E-state index is 0.0426. The fourth-order valence-electron chi connectivity index (χ4n) is 3.51. The van der Waals surface area contributed by atoms with Crippen LogP contribution in [0.3, 0.4) is 0 Å². The molecular formula is C27H30Cl3F2N3O5. The number of carbonyl (C=O) groups excluding carboxylic acids is 4. The van der Waals surface area contributed by atoms with Crippen molar-refractivity contribution in [3.63, 3.8) is 0 Å². The number of ketones is 1. The summed E-state index contributed by atoms with van der Waals surface area (Å²) < 4.78 is 34.8. The first kappa shape index (κ1) is 33.3. The summed E-state index contributed by atoms with van der Waals surface area (Å²) >= 11 is 17.8. The van der Waals surface area contributed by atoms with E-state index in [-0.39, 0.29) is 28.8 Å². The molecule has 0 aliphatic heterocycles. The van der Waals surface area contributed by atoms with E-state index in [4.69, 9.17) is 39.5 Å². The Morgan fingerprint density at radius 3 is 2.08 bits per heavy atom. The van der Waals surface area contributed by atoms with Gasteiger partial charge in [0.1, 0.15) is 11.8 Å². The smallest absolute Gasteiger partial charge is 0.383 e. The third-order valence-corrected chi connectivity index (χ3v) is 6.28. The number of halogens is 5. The third kappa shape index (κ3) is 9.91. The molecule has 0 fully saturated rings. The average Bonchev–Trinajstić information content (AvgIpc) is 2.88. The maximum absolute atomic E-state index is 14.7. The van der Waals surface area contributed by atoms with Crippen molar-refractivity contribution >= 4 is 58.3 Å². The lowest BCUT2D eigenvalue weighted by Gasteiger charge is -2.27. The minimum atomic E-state index is -4.38. The van der Waals surface area contributed by atoms with Gasteiger partial charge in [-0.3, -0.25) is 19.2 Å². The Morgan fingerprint density at radius 2 is 1.52 bits per heavy atom. The summed E-state index contributed by atoms with van der Waals surface area (Å²) in [5.41, 5.74) is 0.587. The van der Waals surface area contributed by atoms with Crippen LogP contribution in [-0.4, -0.2) is 54.7 Å². The zero-order valence-corrected chi connectivity index (χ0v) is 24.3.